The Kier molecular flexibility index (Phi) is 11.0. The molecule has 0 saturated heterocycles. The van der Waals surface area contributed by atoms with Gasteiger partial charge in [0.15, 0.2) is 0 Å². The second-order valence-electron chi connectivity index (χ2n) is 9.28. The molecule has 3 rings (SSSR count). The maximum absolute atomic E-state index is 13.9. The van der Waals surface area contributed by atoms with Gasteiger partial charge in [0.25, 0.3) is 10.0 Å². The van der Waals surface area contributed by atoms with Crippen molar-refractivity contribution in [2.45, 2.75) is 51.1 Å². The fraction of sp³-hybridized carbons (Fsp3) is 0.310. The molecule has 2 amide bonds. The highest BCUT2D eigenvalue weighted by atomic mass is 79.9. The fourth-order valence-electron chi connectivity index (χ4n) is 4.00. The number of hydrogen-bond acceptors (Lipinski definition) is 4. The van der Waals surface area contributed by atoms with Crippen molar-refractivity contribution in [2.75, 3.05) is 17.4 Å². The molecular formula is C29H33BrClN3O4S. The first kappa shape index (κ1) is 30.7. The Morgan fingerprint density at radius 3 is 2.36 bits per heavy atom. The Hall–Kier alpha value is -2.88. The van der Waals surface area contributed by atoms with E-state index in [-0.39, 0.29) is 17.3 Å². The van der Waals surface area contributed by atoms with Gasteiger partial charge in [0.2, 0.25) is 11.8 Å². The number of benzene rings is 3. The van der Waals surface area contributed by atoms with Crippen molar-refractivity contribution in [3.8, 4) is 0 Å². The molecule has 1 N–H and O–H groups in total. The molecule has 0 aliphatic rings. The van der Waals surface area contributed by atoms with E-state index in [1.165, 1.54) is 29.2 Å². The van der Waals surface area contributed by atoms with Crippen molar-refractivity contribution in [3.63, 3.8) is 0 Å². The average molecular weight is 635 g/mol. The van der Waals surface area contributed by atoms with Gasteiger partial charge in [0, 0.05) is 22.6 Å². The zero-order valence-electron chi connectivity index (χ0n) is 22.2. The summed E-state index contributed by atoms with van der Waals surface area (Å²) in [5, 5.41) is 3.28. The van der Waals surface area contributed by atoms with Crippen molar-refractivity contribution in [1.82, 2.24) is 10.2 Å². The summed E-state index contributed by atoms with van der Waals surface area (Å²) in [6.45, 7) is 5.67. The maximum Gasteiger partial charge on any atom is 0.264 e. The Labute approximate surface area is 244 Å². The molecule has 3 aromatic rings. The second kappa shape index (κ2) is 14.0. The lowest BCUT2D eigenvalue weighted by atomic mass is 10.1. The van der Waals surface area contributed by atoms with Crippen molar-refractivity contribution >= 4 is 55.1 Å². The summed E-state index contributed by atoms with van der Waals surface area (Å²) in [7, 11) is -4.14. The van der Waals surface area contributed by atoms with Crippen LogP contribution in [0.4, 0.5) is 5.69 Å². The first-order valence-electron chi connectivity index (χ1n) is 12.7. The van der Waals surface area contributed by atoms with Gasteiger partial charge < -0.3 is 10.2 Å². The van der Waals surface area contributed by atoms with Gasteiger partial charge in [0.05, 0.1) is 10.6 Å². The predicted octanol–water partition coefficient (Wildman–Crippen LogP) is 5.94. The molecule has 0 saturated carbocycles. The number of unbranched alkanes of at least 4 members (excludes halogenated alkanes) is 1. The molecule has 10 heteroatoms. The molecule has 0 spiro atoms. The van der Waals surface area contributed by atoms with Crippen molar-refractivity contribution in [1.29, 1.82) is 0 Å². The second-order valence-corrected chi connectivity index (χ2v) is 12.5. The zero-order chi connectivity index (χ0) is 28.6. The molecule has 0 heterocycles. The Morgan fingerprint density at radius 1 is 1.03 bits per heavy atom. The summed E-state index contributed by atoms with van der Waals surface area (Å²) in [6, 6.07) is 19.4. The minimum Gasteiger partial charge on any atom is -0.354 e. The largest absolute Gasteiger partial charge is 0.354 e. The van der Waals surface area contributed by atoms with Crippen LogP contribution in [0.3, 0.4) is 0 Å². The molecular weight excluding hydrogens is 602 g/mol. The van der Waals surface area contributed by atoms with Gasteiger partial charge in [0.1, 0.15) is 12.6 Å². The number of halogens is 2. The van der Waals surface area contributed by atoms with E-state index in [9.17, 15) is 18.0 Å². The molecule has 0 aromatic heterocycles. The number of anilines is 1. The number of sulfonamides is 1. The molecule has 208 valence electrons. The van der Waals surface area contributed by atoms with Crippen LogP contribution in [0.5, 0.6) is 0 Å². The van der Waals surface area contributed by atoms with Crippen molar-refractivity contribution in [2.24, 2.45) is 0 Å². The highest BCUT2D eigenvalue weighted by Crippen LogP contribution is 2.26. The summed E-state index contributed by atoms with van der Waals surface area (Å²) < 4.78 is 29.6. The lowest BCUT2D eigenvalue weighted by molar-refractivity contribution is -0.139. The van der Waals surface area contributed by atoms with Crippen LogP contribution in [0.15, 0.2) is 82.2 Å². The Morgan fingerprint density at radius 2 is 1.72 bits per heavy atom. The van der Waals surface area contributed by atoms with Gasteiger partial charge in [-0.15, -0.1) is 0 Å². The third kappa shape index (κ3) is 8.30. The standard InChI is InChI=1S/C29H33BrClN3O4S/c1-4-5-16-32-29(36)22(3)33(19-23-9-7-10-24(30)18-23)28(35)20-34(26-11-6-8-21(2)17-26)39(37,38)27-14-12-25(31)13-15-27/h6-15,17-18,22H,4-5,16,19-20H2,1-3H3,(H,32,36). The summed E-state index contributed by atoms with van der Waals surface area (Å²) in [5.74, 6) is -0.804. The molecule has 0 aliphatic heterocycles. The predicted molar refractivity (Wildman–Crippen MR) is 159 cm³/mol. The minimum atomic E-state index is -4.14. The number of nitrogens with one attached hydrogen (secondary N) is 1. The number of carbonyl (C=O) groups is 2. The van der Waals surface area contributed by atoms with E-state index >= 15 is 0 Å². The van der Waals surface area contributed by atoms with Gasteiger partial charge in [-0.25, -0.2) is 8.42 Å². The number of amides is 2. The van der Waals surface area contributed by atoms with Gasteiger partial charge in [-0.05, 0) is 79.9 Å². The SMILES string of the molecule is CCCCNC(=O)C(C)N(Cc1cccc(Br)c1)C(=O)CN(c1cccc(C)c1)S(=O)(=O)c1ccc(Cl)cc1. The van der Waals surface area contributed by atoms with Crippen LogP contribution >= 0.6 is 27.5 Å². The smallest absolute Gasteiger partial charge is 0.264 e. The average Bonchev–Trinajstić information content (AvgIpc) is 2.90. The Balaban J connectivity index is 2.00. The van der Waals surface area contributed by atoms with E-state index in [4.69, 9.17) is 11.6 Å². The number of hydrogen-bond donors (Lipinski definition) is 1. The molecule has 0 radical (unpaired) electrons. The van der Waals surface area contributed by atoms with E-state index in [1.807, 2.05) is 44.2 Å². The summed E-state index contributed by atoms with van der Waals surface area (Å²) in [4.78, 5) is 28.4. The highest BCUT2D eigenvalue weighted by molar-refractivity contribution is 9.10. The van der Waals surface area contributed by atoms with E-state index in [0.717, 1.165) is 32.7 Å². The van der Waals surface area contributed by atoms with Crippen LogP contribution in [0.25, 0.3) is 0 Å². The minimum absolute atomic E-state index is 0.00473. The maximum atomic E-state index is 13.9. The summed E-state index contributed by atoms with van der Waals surface area (Å²) in [6.07, 6.45) is 1.74. The van der Waals surface area contributed by atoms with Crippen molar-refractivity contribution < 1.29 is 18.0 Å². The van der Waals surface area contributed by atoms with Crippen LogP contribution < -0.4 is 9.62 Å². The van der Waals surface area contributed by atoms with E-state index in [2.05, 4.69) is 21.2 Å². The molecule has 0 bridgehead atoms. The molecule has 3 aromatic carbocycles. The van der Waals surface area contributed by atoms with Crippen LogP contribution in [-0.2, 0) is 26.2 Å². The normalized spacial score (nSPS) is 12.0. The van der Waals surface area contributed by atoms with E-state index in [1.54, 1.807) is 25.1 Å². The number of carbonyl (C=O) groups excluding carboxylic acids is 2. The van der Waals surface area contributed by atoms with Gasteiger partial charge in [-0.1, -0.05) is 65.1 Å². The number of nitrogens with zero attached hydrogens (tertiary/aromatic N) is 2. The van der Waals surface area contributed by atoms with Gasteiger partial charge in [-0.3, -0.25) is 13.9 Å². The third-order valence-corrected chi connectivity index (χ3v) is 8.74. The monoisotopic (exact) mass is 633 g/mol. The van der Waals surface area contributed by atoms with E-state index < -0.39 is 28.5 Å². The first-order valence-corrected chi connectivity index (χ1v) is 15.3. The van der Waals surface area contributed by atoms with Crippen LogP contribution in [0, 0.1) is 6.92 Å². The molecule has 7 nitrogen and oxygen atoms in total. The summed E-state index contributed by atoms with van der Waals surface area (Å²) in [5.41, 5.74) is 1.99. The zero-order valence-corrected chi connectivity index (χ0v) is 25.4. The molecule has 0 fully saturated rings. The fourth-order valence-corrected chi connectivity index (χ4v) is 5.97. The molecule has 1 atom stereocenters. The molecule has 1 unspecified atom stereocenters. The lowest BCUT2D eigenvalue weighted by Crippen LogP contribution is -2.51. The number of rotatable bonds is 12. The summed E-state index contributed by atoms with van der Waals surface area (Å²) >= 11 is 9.44. The highest BCUT2D eigenvalue weighted by Gasteiger charge is 2.32. The lowest BCUT2D eigenvalue weighted by Gasteiger charge is -2.32. The Bertz CT molecular complexity index is 1400. The number of aryl methyl sites for hydroxylation is 1. The van der Waals surface area contributed by atoms with E-state index in [0.29, 0.717) is 17.3 Å². The molecule has 0 aliphatic carbocycles. The van der Waals surface area contributed by atoms with Crippen molar-refractivity contribution in [3.05, 3.63) is 93.4 Å². The topological polar surface area (TPSA) is 86.8 Å². The first-order chi connectivity index (χ1) is 18.5. The van der Waals surface area contributed by atoms with Gasteiger partial charge >= 0.3 is 0 Å². The van der Waals surface area contributed by atoms with Crippen LogP contribution in [-0.4, -0.2) is 44.3 Å². The van der Waals surface area contributed by atoms with Crippen LogP contribution in [0.2, 0.25) is 5.02 Å². The molecule has 39 heavy (non-hydrogen) atoms. The van der Waals surface area contributed by atoms with Crippen LogP contribution in [0.1, 0.15) is 37.8 Å². The third-order valence-electron chi connectivity index (χ3n) is 6.21. The van der Waals surface area contributed by atoms with Gasteiger partial charge in [-0.2, -0.15) is 0 Å². The quantitative estimate of drug-likeness (QED) is 0.250.